The van der Waals surface area contributed by atoms with Crippen molar-refractivity contribution < 1.29 is 0 Å². The van der Waals surface area contributed by atoms with Crippen LogP contribution in [0.4, 0.5) is 17.1 Å². The third-order valence-corrected chi connectivity index (χ3v) is 11.5. The first-order valence-electron chi connectivity index (χ1n) is 18.4. The van der Waals surface area contributed by atoms with Crippen LogP contribution in [0, 0.1) is 11.8 Å². The van der Waals surface area contributed by atoms with Gasteiger partial charge in [-0.1, -0.05) is 165 Å². The number of rotatable bonds is 4. The minimum absolute atomic E-state index is 0.140. The Kier molecular flexibility index (Phi) is 7.04. The lowest BCUT2D eigenvalue weighted by atomic mass is 9.71. The van der Waals surface area contributed by atoms with Crippen molar-refractivity contribution in [1.82, 2.24) is 0 Å². The van der Waals surface area contributed by atoms with Crippen LogP contribution in [0.1, 0.15) is 47.2 Å². The lowest BCUT2D eigenvalue weighted by Gasteiger charge is -2.31. The highest BCUT2D eigenvalue weighted by Gasteiger charge is 2.46. The number of benzene rings is 8. The van der Waals surface area contributed by atoms with Crippen LogP contribution in [0.15, 0.2) is 188 Å². The summed E-state index contributed by atoms with van der Waals surface area (Å²) in [5.74, 6) is 7.66. The molecule has 0 fully saturated rings. The van der Waals surface area contributed by atoms with E-state index in [0.29, 0.717) is 0 Å². The van der Waals surface area contributed by atoms with Crippen molar-refractivity contribution in [3.05, 3.63) is 221 Å². The van der Waals surface area contributed by atoms with Gasteiger partial charge in [-0.15, -0.1) is 0 Å². The number of nitrogens with zero attached hydrogens (tertiary/aromatic N) is 1. The average Bonchev–Trinajstić information content (AvgIpc) is 3.63. The van der Waals surface area contributed by atoms with Crippen LogP contribution in [0.3, 0.4) is 0 Å². The first kappa shape index (κ1) is 31.1. The highest BCUT2D eigenvalue weighted by molar-refractivity contribution is 5.92. The fraction of sp³-hybridized carbons (Fsp3) is 0.0769. The number of hydrogen-bond acceptors (Lipinski definition) is 1. The van der Waals surface area contributed by atoms with Gasteiger partial charge in [-0.3, -0.25) is 0 Å². The van der Waals surface area contributed by atoms with Gasteiger partial charge >= 0.3 is 0 Å². The normalized spacial score (nSPS) is 15.8. The molecule has 1 heteroatoms. The predicted octanol–water partition coefficient (Wildman–Crippen LogP) is 13.0. The molecule has 0 saturated heterocycles. The summed E-state index contributed by atoms with van der Waals surface area (Å²) >= 11 is 0. The molecule has 0 N–H and O–H groups in total. The van der Waals surface area contributed by atoms with Crippen molar-refractivity contribution in [1.29, 1.82) is 0 Å². The van der Waals surface area contributed by atoms with Crippen molar-refractivity contribution in [3.8, 4) is 34.1 Å². The first-order chi connectivity index (χ1) is 26.0. The molecular weight excluding hydrogens is 639 g/mol. The molecular formula is C52H37N. The summed E-state index contributed by atoms with van der Waals surface area (Å²) in [7, 11) is 0. The van der Waals surface area contributed by atoms with Crippen molar-refractivity contribution in [2.45, 2.75) is 24.7 Å². The molecule has 0 radical (unpaired) electrons. The van der Waals surface area contributed by atoms with E-state index in [4.69, 9.17) is 0 Å². The molecule has 1 atom stereocenters. The van der Waals surface area contributed by atoms with Gasteiger partial charge in [0.15, 0.2) is 0 Å². The Morgan fingerprint density at radius 3 is 1.75 bits per heavy atom. The Balaban J connectivity index is 1.25. The van der Waals surface area contributed by atoms with Crippen LogP contribution < -0.4 is 4.90 Å². The number of para-hydroxylation sites is 1. The van der Waals surface area contributed by atoms with Crippen molar-refractivity contribution >= 4 is 27.8 Å². The van der Waals surface area contributed by atoms with Gasteiger partial charge < -0.3 is 4.90 Å². The van der Waals surface area contributed by atoms with E-state index in [1.165, 1.54) is 60.8 Å². The molecule has 1 nitrogen and oxygen atoms in total. The number of anilines is 3. The molecule has 8 aromatic rings. The maximum absolute atomic E-state index is 3.98. The van der Waals surface area contributed by atoms with Gasteiger partial charge in [0.05, 0.1) is 0 Å². The predicted molar refractivity (Wildman–Crippen MR) is 221 cm³/mol. The minimum atomic E-state index is -0.719. The smallest absolute Gasteiger partial charge is 0.108 e. The van der Waals surface area contributed by atoms with Gasteiger partial charge in [0.1, 0.15) is 5.41 Å². The summed E-state index contributed by atoms with van der Waals surface area (Å²) in [4.78, 5) is 2.38. The fourth-order valence-corrected chi connectivity index (χ4v) is 8.89. The molecule has 2 aliphatic carbocycles. The van der Waals surface area contributed by atoms with E-state index < -0.39 is 5.41 Å². The number of hydrogen-bond donors (Lipinski definition) is 0. The Labute approximate surface area is 311 Å². The summed E-state index contributed by atoms with van der Waals surface area (Å²) in [5, 5.41) is 2.44. The Morgan fingerprint density at radius 1 is 0.396 bits per heavy atom. The zero-order valence-electron chi connectivity index (χ0n) is 29.8. The molecule has 0 bridgehead atoms. The Hall–Kier alpha value is -6.62. The average molecular weight is 676 g/mol. The van der Waals surface area contributed by atoms with E-state index >= 15 is 0 Å². The van der Waals surface area contributed by atoms with Gasteiger partial charge in [0.2, 0.25) is 0 Å². The second-order valence-electron chi connectivity index (χ2n) is 14.8. The summed E-state index contributed by atoms with van der Waals surface area (Å²) < 4.78 is 0. The van der Waals surface area contributed by atoms with Crippen LogP contribution >= 0.6 is 0 Å². The lowest BCUT2D eigenvalue weighted by molar-refractivity contribution is 0.657. The molecule has 0 amide bonds. The van der Waals surface area contributed by atoms with E-state index in [0.717, 1.165) is 22.6 Å². The molecule has 0 spiro atoms. The van der Waals surface area contributed by atoms with Gasteiger partial charge in [0, 0.05) is 28.0 Å². The SMILES string of the molecule is CC1(C)c2ccccc2-c2ccc(C3(C#Cc4ccccc4)c4ccccc4-c4ccc(N(c5ccccc5)c5ccc6ccccc6c5)cc43)cc21. The minimum Gasteiger partial charge on any atom is -0.310 e. The summed E-state index contributed by atoms with van der Waals surface area (Å²) in [5.41, 5.74) is 14.9. The third kappa shape index (κ3) is 4.80. The van der Waals surface area contributed by atoms with E-state index in [1.54, 1.807) is 0 Å². The molecule has 0 heterocycles. The van der Waals surface area contributed by atoms with E-state index in [9.17, 15) is 0 Å². The van der Waals surface area contributed by atoms with E-state index in [2.05, 4.69) is 219 Å². The molecule has 0 saturated carbocycles. The van der Waals surface area contributed by atoms with Gasteiger partial charge in [-0.25, -0.2) is 0 Å². The molecule has 1 unspecified atom stereocenters. The van der Waals surface area contributed by atoms with E-state index in [-0.39, 0.29) is 5.41 Å². The van der Waals surface area contributed by atoms with Crippen LogP contribution in [0.2, 0.25) is 0 Å². The summed E-state index contributed by atoms with van der Waals surface area (Å²) in [6.07, 6.45) is 0. The van der Waals surface area contributed by atoms with Gasteiger partial charge in [-0.05, 0) is 109 Å². The fourth-order valence-electron chi connectivity index (χ4n) is 8.89. The van der Waals surface area contributed by atoms with Crippen molar-refractivity contribution in [2.75, 3.05) is 4.90 Å². The van der Waals surface area contributed by atoms with Crippen LogP contribution in [0.5, 0.6) is 0 Å². The van der Waals surface area contributed by atoms with Crippen molar-refractivity contribution in [3.63, 3.8) is 0 Å². The molecule has 53 heavy (non-hydrogen) atoms. The maximum Gasteiger partial charge on any atom is 0.108 e. The van der Waals surface area contributed by atoms with Gasteiger partial charge in [0.25, 0.3) is 0 Å². The van der Waals surface area contributed by atoms with Crippen LogP contribution in [-0.2, 0) is 10.8 Å². The molecule has 10 rings (SSSR count). The van der Waals surface area contributed by atoms with Gasteiger partial charge in [-0.2, -0.15) is 0 Å². The Bertz CT molecular complexity index is 2760. The molecule has 8 aromatic carbocycles. The lowest BCUT2D eigenvalue weighted by Crippen LogP contribution is -2.26. The maximum atomic E-state index is 3.98. The molecule has 0 aromatic heterocycles. The third-order valence-electron chi connectivity index (χ3n) is 11.5. The van der Waals surface area contributed by atoms with Crippen LogP contribution in [0.25, 0.3) is 33.0 Å². The first-order valence-corrected chi connectivity index (χ1v) is 18.4. The highest BCUT2D eigenvalue weighted by Crippen LogP contribution is 2.56. The van der Waals surface area contributed by atoms with E-state index in [1.807, 2.05) is 0 Å². The molecule has 2 aliphatic rings. The molecule has 0 aliphatic heterocycles. The number of fused-ring (bicyclic) bond motifs is 7. The second kappa shape index (κ2) is 12.0. The highest BCUT2D eigenvalue weighted by atomic mass is 15.1. The summed E-state index contributed by atoms with van der Waals surface area (Å²) in [6.45, 7) is 4.72. The zero-order chi connectivity index (χ0) is 35.6. The van der Waals surface area contributed by atoms with Crippen LogP contribution in [-0.4, -0.2) is 0 Å². The Morgan fingerprint density at radius 2 is 0.962 bits per heavy atom. The monoisotopic (exact) mass is 675 g/mol. The summed E-state index contributed by atoms with van der Waals surface area (Å²) in [6, 6.07) is 68.4. The second-order valence-corrected chi connectivity index (χ2v) is 14.8. The zero-order valence-corrected chi connectivity index (χ0v) is 29.8. The topological polar surface area (TPSA) is 3.24 Å². The molecule has 250 valence electrons. The van der Waals surface area contributed by atoms with Crippen molar-refractivity contribution in [2.24, 2.45) is 0 Å². The standard InChI is InChI=1S/C52H37N/c1-51(2)47-23-13-11-21-43(47)45-29-26-39(34-49(45)51)52(32-31-36-15-5-3-6-16-36)48-24-14-12-22-44(48)46-30-28-42(35-50(46)52)53(40-19-7-4-8-20-40)41-27-25-37-17-9-10-18-38(37)33-41/h3-30,33-35H,1-2H3. The largest absolute Gasteiger partial charge is 0.310 e. The quantitative estimate of drug-likeness (QED) is 0.168.